The van der Waals surface area contributed by atoms with E-state index in [1.165, 1.54) is 39.0 Å². The van der Waals surface area contributed by atoms with Gasteiger partial charge < -0.3 is 5.32 Å². The number of hydrogen-bond acceptors (Lipinski definition) is 8. The van der Waals surface area contributed by atoms with Gasteiger partial charge in [0.15, 0.2) is 21.3 Å². The van der Waals surface area contributed by atoms with Crippen LogP contribution in [-0.4, -0.2) is 70.7 Å². The summed E-state index contributed by atoms with van der Waals surface area (Å²) in [6.45, 7) is 0.652. The number of fused-ring (bicyclic) bond motifs is 4. The van der Waals surface area contributed by atoms with Crippen molar-refractivity contribution in [2.75, 3.05) is 17.2 Å². The van der Waals surface area contributed by atoms with Crippen molar-refractivity contribution in [3.05, 3.63) is 104 Å². The molecule has 346 valence electrons. The standard InChI is InChI=1S/C40H32ClF10N7O5S2/c1-18-28-30-34(40(49,50)51)54-57(35(30)39(47,48)31(18)28)16-27(59)53-26(14-19-12-20(42)15-21(43)13-19)32-23(7-6-22(52-32)10-11-37(2,3)64(4,60)61)24-8-9-25(41)29-33(24)58(17-38(44,45)46)55-36(29)56-65(5,62)63/h6-9,12-13,15,26,28H,14,16-17H2,1-5H3,(H,53,59)(H,55,56)/t26-,28+/m0/s1. The maximum atomic E-state index is 15.7. The number of nitrogens with one attached hydrogen (secondary N) is 2. The van der Waals surface area contributed by atoms with Crippen molar-refractivity contribution < 1.29 is 65.5 Å². The van der Waals surface area contributed by atoms with Crippen LogP contribution in [0.3, 0.4) is 0 Å². The maximum absolute atomic E-state index is 15.7. The van der Waals surface area contributed by atoms with Crippen molar-refractivity contribution in [1.82, 2.24) is 29.9 Å². The maximum Gasteiger partial charge on any atom is 0.435 e. The van der Waals surface area contributed by atoms with Crippen molar-refractivity contribution in [3.63, 3.8) is 0 Å². The predicted octanol–water partition coefficient (Wildman–Crippen LogP) is 7.97. The van der Waals surface area contributed by atoms with Crippen LogP contribution >= 0.6 is 11.6 Å². The van der Waals surface area contributed by atoms with Crippen LogP contribution < -0.4 is 10.0 Å². The van der Waals surface area contributed by atoms with E-state index in [1.54, 1.807) is 0 Å². The van der Waals surface area contributed by atoms with E-state index in [0.717, 1.165) is 24.5 Å². The topological polar surface area (TPSA) is 158 Å². The van der Waals surface area contributed by atoms with Gasteiger partial charge in [-0.3, -0.25) is 18.9 Å². The molecule has 2 atom stereocenters. The Morgan fingerprint density at radius 1 is 0.938 bits per heavy atom. The summed E-state index contributed by atoms with van der Waals surface area (Å²) in [7, 11) is -8.07. The smallest absolute Gasteiger partial charge is 0.346 e. The minimum Gasteiger partial charge on any atom is -0.346 e. The van der Waals surface area contributed by atoms with Gasteiger partial charge in [0.05, 0.1) is 33.9 Å². The average Bonchev–Trinajstić information content (AvgIpc) is 3.36. The molecule has 1 amide bonds. The number of anilines is 1. The summed E-state index contributed by atoms with van der Waals surface area (Å²) in [6, 6.07) is 5.20. The van der Waals surface area contributed by atoms with Gasteiger partial charge in [0, 0.05) is 40.5 Å². The highest BCUT2D eigenvalue weighted by Gasteiger charge is 2.65. The van der Waals surface area contributed by atoms with Gasteiger partial charge >= 0.3 is 18.3 Å². The summed E-state index contributed by atoms with van der Waals surface area (Å²) in [4.78, 5) is 18.6. The molecule has 0 bridgehead atoms. The molecule has 0 aliphatic heterocycles. The van der Waals surface area contributed by atoms with Gasteiger partial charge in [0.25, 0.3) is 0 Å². The molecule has 0 unspecified atom stereocenters. The van der Waals surface area contributed by atoms with Crippen LogP contribution in [0.1, 0.15) is 66.6 Å². The number of halogens is 11. The van der Waals surface area contributed by atoms with Crippen molar-refractivity contribution in [1.29, 1.82) is 0 Å². The van der Waals surface area contributed by atoms with Crippen molar-refractivity contribution in [2.24, 2.45) is 0 Å². The van der Waals surface area contributed by atoms with Crippen LogP contribution in [-0.2, 0) is 56.3 Å². The van der Waals surface area contributed by atoms with Crippen molar-refractivity contribution in [3.8, 4) is 23.0 Å². The van der Waals surface area contributed by atoms with E-state index < -0.39 is 126 Å². The Labute approximate surface area is 368 Å². The number of carbonyl (C=O) groups excluding carboxylic acids is 1. The summed E-state index contributed by atoms with van der Waals surface area (Å²) < 4.78 is 196. The Hall–Kier alpha value is -5.67. The Morgan fingerprint density at radius 2 is 1.57 bits per heavy atom. The summed E-state index contributed by atoms with van der Waals surface area (Å²) in [5.74, 6) is -4.35. The molecule has 0 saturated carbocycles. The number of sulfone groups is 1. The fraction of sp³-hybridized carbons (Fsp3) is 0.350. The first-order valence-electron chi connectivity index (χ1n) is 18.8. The molecule has 0 saturated heterocycles. The van der Waals surface area contributed by atoms with E-state index in [0.29, 0.717) is 17.0 Å². The Kier molecular flexibility index (Phi) is 11.5. The molecule has 0 radical (unpaired) electrons. The molecule has 12 nitrogen and oxygen atoms in total. The van der Waals surface area contributed by atoms with Crippen LogP contribution in [0.25, 0.3) is 22.0 Å². The number of amides is 1. The largest absolute Gasteiger partial charge is 0.435 e. The number of hydrogen-bond donors (Lipinski definition) is 2. The van der Waals surface area contributed by atoms with Gasteiger partial charge in [-0.2, -0.15) is 45.3 Å². The second kappa shape index (κ2) is 15.7. The molecule has 5 aromatic rings. The highest BCUT2D eigenvalue weighted by Crippen LogP contribution is 2.67. The molecule has 0 spiro atoms. The van der Waals surface area contributed by atoms with E-state index >= 15 is 8.78 Å². The number of allylic oxidation sites excluding steroid dienone is 2. The molecule has 2 aliphatic rings. The summed E-state index contributed by atoms with van der Waals surface area (Å²) >= 11 is 6.46. The third-order valence-corrected chi connectivity index (χ3v) is 13.5. The molecule has 2 aromatic carbocycles. The van der Waals surface area contributed by atoms with E-state index in [9.17, 15) is 56.8 Å². The zero-order chi connectivity index (χ0) is 48.1. The Balaban J connectivity index is 1.45. The summed E-state index contributed by atoms with van der Waals surface area (Å²) in [6.07, 6.45) is -9.27. The van der Waals surface area contributed by atoms with E-state index in [4.69, 9.17) is 11.6 Å². The lowest BCUT2D eigenvalue weighted by atomic mass is 9.93. The highest BCUT2D eigenvalue weighted by atomic mass is 35.5. The van der Waals surface area contributed by atoms with Crippen LogP contribution in [0.4, 0.5) is 49.7 Å². The highest BCUT2D eigenvalue weighted by molar-refractivity contribution is 7.92. The van der Waals surface area contributed by atoms with Crippen molar-refractivity contribution >= 4 is 54.1 Å². The van der Waals surface area contributed by atoms with Gasteiger partial charge in [-0.15, -0.1) is 0 Å². The van der Waals surface area contributed by atoms with E-state index in [2.05, 4.69) is 32.3 Å². The second-order valence-electron chi connectivity index (χ2n) is 15.9. The zero-order valence-electron chi connectivity index (χ0n) is 34.1. The molecule has 25 heteroatoms. The van der Waals surface area contributed by atoms with Crippen LogP contribution in [0, 0.1) is 23.5 Å². The first kappa shape index (κ1) is 47.3. The molecule has 3 heterocycles. The summed E-state index contributed by atoms with van der Waals surface area (Å²) in [5, 5.41) is 9.01. The zero-order valence-corrected chi connectivity index (χ0v) is 36.5. The van der Waals surface area contributed by atoms with Gasteiger partial charge in [-0.25, -0.2) is 30.6 Å². The molecule has 2 aliphatic carbocycles. The molecule has 0 fully saturated rings. The second-order valence-corrected chi connectivity index (χ2v) is 20.7. The van der Waals surface area contributed by atoms with Gasteiger partial charge in [-0.1, -0.05) is 29.2 Å². The lowest BCUT2D eigenvalue weighted by molar-refractivity contribution is -0.142. The third kappa shape index (κ3) is 9.27. The number of carbonyl (C=O) groups is 1. The number of rotatable bonds is 11. The van der Waals surface area contributed by atoms with Crippen LogP contribution in [0.5, 0.6) is 0 Å². The van der Waals surface area contributed by atoms with E-state index in [-0.39, 0.29) is 48.7 Å². The lowest BCUT2D eigenvalue weighted by Gasteiger charge is -2.23. The fourth-order valence-electron chi connectivity index (χ4n) is 7.58. The Bertz CT molecular complexity index is 3150. The number of nitrogens with zero attached hydrogens (tertiary/aromatic N) is 5. The fourth-order valence-corrected chi connectivity index (χ4v) is 8.56. The number of alkyl halides is 8. The normalized spacial score (nSPS) is 16.5. The molecule has 2 N–H and O–H groups in total. The minimum absolute atomic E-state index is 0.00741. The lowest BCUT2D eigenvalue weighted by Crippen LogP contribution is -2.35. The Morgan fingerprint density at radius 3 is 2.15 bits per heavy atom. The van der Waals surface area contributed by atoms with Gasteiger partial charge in [-0.05, 0) is 69.0 Å². The number of benzene rings is 2. The number of sulfonamides is 1. The molecule has 7 rings (SSSR count). The molecule has 3 aromatic heterocycles. The van der Waals surface area contributed by atoms with Crippen LogP contribution in [0.15, 0.2) is 53.6 Å². The van der Waals surface area contributed by atoms with Gasteiger partial charge in [0.1, 0.15) is 40.9 Å². The van der Waals surface area contributed by atoms with E-state index in [1.807, 2.05) is 4.72 Å². The summed E-state index contributed by atoms with van der Waals surface area (Å²) in [5.41, 5.74) is -5.95. The minimum atomic E-state index is -5.23. The van der Waals surface area contributed by atoms with Gasteiger partial charge in [0.2, 0.25) is 15.9 Å². The van der Waals surface area contributed by atoms with Crippen molar-refractivity contribution in [2.45, 2.75) is 75.3 Å². The number of pyridine rings is 1. The SMILES string of the molecule is CC1=C2[C@H]1c1c(C(F)(F)F)nn(CC(=O)N[C@@H](Cc3cc(F)cc(F)c3)c3nc(C#CC(C)(C)S(C)(=O)=O)ccc3-c3ccc(Cl)c4c(NS(C)(=O)=O)nn(CC(F)(F)F)c34)c1C2(F)F. The van der Waals surface area contributed by atoms with Crippen LogP contribution in [0.2, 0.25) is 5.02 Å². The quantitative estimate of drug-likeness (QED) is 0.0767. The first-order chi connectivity index (χ1) is 29.8. The molecular formula is C40H32ClF10N7O5S2. The first-order valence-corrected chi connectivity index (χ1v) is 22.9. The third-order valence-electron chi connectivity index (χ3n) is 10.7. The monoisotopic (exact) mass is 979 g/mol. The molecule has 65 heavy (non-hydrogen) atoms. The number of aromatic nitrogens is 5. The predicted molar refractivity (Wildman–Crippen MR) is 216 cm³/mol. The molecular weight excluding hydrogens is 948 g/mol. The average molecular weight is 980 g/mol.